The fourth-order valence-corrected chi connectivity index (χ4v) is 4.48. The van der Waals surface area contributed by atoms with Gasteiger partial charge in [0, 0.05) is 26.1 Å². The third kappa shape index (κ3) is 8.02. The van der Waals surface area contributed by atoms with Gasteiger partial charge in [0.25, 0.3) is 0 Å². The molecule has 3 N–H and O–H groups in total. The minimum absolute atomic E-state index is 0.0241. The number of ether oxygens (including phenoxy) is 1. The summed E-state index contributed by atoms with van der Waals surface area (Å²) in [4.78, 5) is 12.0. The number of rotatable bonds is 9. The van der Waals surface area contributed by atoms with Gasteiger partial charge in [0.1, 0.15) is 0 Å². The Morgan fingerprint density at radius 2 is 2.00 bits per heavy atom. The van der Waals surface area contributed by atoms with Gasteiger partial charge in [0.15, 0.2) is 0 Å². The van der Waals surface area contributed by atoms with Crippen molar-refractivity contribution >= 4 is 15.9 Å². The number of nitrogens with one attached hydrogen (secondary N) is 3. The summed E-state index contributed by atoms with van der Waals surface area (Å²) in [6.07, 6.45) is 5.68. The quantitative estimate of drug-likeness (QED) is 0.549. The number of piperidine rings is 1. The van der Waals surface area contributed by atoms with Crippen LogP contribution in [0.1, 0.15) is 45.4 Å². The van der Waals surface area contributed by atoms with Crippen LogP contribution in [0.3, 0.4) is 0 Å². The first-order chi connectivity index (χ1) is 12.0. The van der Waals surface area contributed by atoms with Gasteiger partial charge < -0.3 is 15.4 Å². The molecule has 0 aromatic rings. The standard InChI is InChI=1S/C17H33N3O4S/c1-14(15-5-7-18-8-6-15)12-17(21)19-9-11-25(22,23)20-13-16-4-2-3-10-24-16/h14-16,18,20H,2-13H2,1H3,(H,19,21). The van der Waals surface area contributed by atoms with E-state index in [2.05, 4.69) is 22.3 Å². The molecule has 2 heterocycles. The van der Waals surface area contributed by atoms with Gasteiger partial charge >= 0.3 is 0 Å². The molecule has 0 saturated carbocycles. The molecule has 0 aliphatic carbocycles. The fourth-order valence-electron chi connectivity index (χ4n) is 3.53. The maximum absolute atomic E-state index is 12.0. The topological polar surface area (TPSA) is 96.5 Å². The average Bonchev–Trinajstić information content (AvgIpc) is 2.61. The van der Waals surface area contributed by atoms with Crippen molar-refractivity contribution in [1.82, 2.24) is 15.4 Å². The molecule has 2 aliphatic heterocycles. The number of amides is 1. The van der Waals surface area contributed by atoms with Crippen LogP contribution in [0.2, 0.25) is 0 Å². The largest absolute Gasteiger partial charge is 0.377 e. The molecule has 0 bridgehead atoms. The maximum Gasteiger partial charge on any atom is 0.220 e. The SMILES string of the molecule is CC(CC(=O)NCCS(=O)(=O)NCC1CCCCO1)C1CCNCC1. The van der Waals surface area contributed by atoms with E-state index < -0.39 is 10.0 Å². The lowest BCUT2D eigenvalue weighted by atomic mass is 9.84. The smallest absolute Gasteiger partial charge is 0.220 e. The predicted octanol–water partition coefficient (Wildman–Crippen LogP) is 0.617. The summed E-state index contributed by atoms with van der Waals surface area (Å²) < 4.78 is 32.1. The van der Waals surface area contributed by atoms with E-state index in [0.29, 0.717) is 31.4 Å². The monoisotopic (exact) mass is 375 g/mol. The first kappa shape index (κ1) is 20.6. The van der Waals surface area contributed by atoms with E-state index in [1.807, 2.05) is 0 Å². The lowest BCUT2D eigenvalue weighted by Gasteiger charge is -2.27. The van der Waals surface area contributed by atoms with Gasteiger partial charge in [0.2, 0.25) is 15.9 Å². The van der Waals surface area contributed by atoms with E-state index in [-0.39, 0.29) is 24.3 Å². The van der Waals surface area contributed by atoms with Gasteiger partial charge in [-0.1, -0.05) is 6.92 Å². The Labute approximate surface area is 151 Å². The predicted molar refractivity (Wildman–Crippen MR) is 97.8 cm³/mol. The van der Waals surface area contributed by atoms with Crippen molar-refractivity contribution in [2.45, 2.75) is 51.6 Å². The van der Waals surface area contributed by atoms with Gasteiger partial charge in [-0.15, -0.1) is 0 Å². The number of carbonyl (C=O) groups is 1. The molecule has 0 aromatic carbocycles. The number of hydrogen-bond acceptors (Lipinski definition) is 5. The highest BCUT2D eigenvalue weighted by atomic mass is 32.2. The van der Waals surface area contributed by atoms with E-state index >= 15 is 0 Å². The van der Waals surface area contributed by atoms with Crippen LogP contribution in [0.5, 0.6) is 0 Å². The van der Waals surface area contributed by atoms with Crippen LogP contribution in [0.25, 0.3) is 0 Å². The Bertz CT molecular complexity index is 500. The Kier molecular flexibility index (Phi) is 8.61. The number of hydrogen-bond donors (Lipinski definition) is 3. The molecule has 0 spiro atoms. The molecule has 146 valence electrons. The second-order valence-electron chi connectivity index (χ2n) is 7.27. The van der Waals surface area contributed by atoms with Crippen LogP contribution >= 0.6 is 0 Å². The summed E-state index contributed by atoms with van der Waals surface area (Å²) in [5.74, 6) is 0.762. The summed E-state index contributed by atoms with van der Waals surface area (Å²) in [5, 5.41) is 6.07. The second-order valence-corrected chi connectivity index (χ2v) is 9.20. The van der Waals surface area contributed by atoms with Crippen molar-refractivity contribution in [1.29, 1.82) is 0 Å². The van der Waals surface area contributed by atoms with E-state index in [4.69, 9.17) is 4.74 Å². The highest BCUT2D eigenvalue weighted by Crippen LogP contribution is 2.24. The summed E-state index contributed by atoms with van der Waals surface area (Å²) >= 11 is 0. The molecule has 7 nitrogen and oxygen atoms in total. The zero-order valence-corrected chi connectivity index (χ0v) is 16.1. The average molecular weight is 376 g/mol. The molecule has 2 aliphatic rings. The van der Waals surface area contributed by atoms with Crippen molar-refractivity contribution in [2.75, 3.05) is 38.5 Å². The zero-order valence-electron chi connectivity index (χ0n) is 15.3. The minimum Gasteiger partial charge on any atom is -0.377 e. The fraction of sp³-hybridized carbons (Fsp3) is 0.941. The number of carbonyl (C=O) groups excluding carboxylic acids is 1. The third-order valence-corrected chi connectivity index (χ3v) is 6.54. The molecule has 2 fully saturated rings. The van der Waals surface area contributed by atoms with Gasteiger partial charge in [0.05, 0.1) is 11.9 Å². The molecule has 8 heteroatoms. The van der Waals surface area contributed by atoms with Crippen molar-refractivity contribution in [2.24, 2.45) is 11.8 Å². The molecule has 25 heavy (non-hydrogen) atoms. The maximum atomic E-state index is 12.0. The van der Waals surface area contributed by atoms with Crippen LogP contribution in [0.15, 0.2) is 0 Å². The van der Waals surface area contributed by atoms with Gasteiger partial charge in [-0.2, -0.15) is 0 Å². The minimum atomic E-state index is -3.38. The summed E-state index contributed by atoms with van der Waals surface area (Å²) in [7, 11) is -3.38. The molecule has 2 unspecified atom stereocenters. The Hall–Kier alpha value is -0.700. The van der Waals surface area contributed by atoms with Crippen molar-refractivity contribution in [3.63, 3.8) is 0 Å². The summed E-state index contributed by atoms with van der Waals surface area (Å²) in [6, 6.07) is 0. The van der Waals surface area contributed by atoms with Gasteiger partial charge in [-0.05, 0) is 57.0 Å². The normalized spacial score (nSPS) is 24.0. The Balaban J connectivity index is 1.60. The van der Waals surface area contributed by atoms with Crippen molar-refractivity contribution in [3.8, 4) is 0 Å². The van der Waals surface area contributed by atoms with Gasteiger partial charge in [-0.3, -0.25) is 4.79 Å². The first-order valence-corrected chi connectivity index (χ1v) is 11.2. The number of sulfonamides is 1. The van der Waals surface area contributed by atoms with E-state index in [0.717, 1.165) is 45.2 Å². The van der Waals surface area contributed by atoms with Crippen LogP contribution in [0, 0.1) is 11.8 Å². The summed E-state index contributed by atoms with van der Waals surface area (Å²) in [6.45, 7) is 5.33. The first-order valence-electron chi connectivity index (χ1n) is 9.52. The summed E-state index contributed by atoms with van der Waals surface area (Å²) in [5.41, 5.74) is 0. The van der Waals surface area contributed by atoms with Crippen molar-refractivity contribution in [3.05, 3.63) is 0 Å². The van der Waals surface area contributed by atoms with E-state index in [1.165, 1.54) is 0 Å². The lowest BCUT2D eigenvalue weighted by molar-refractivity contribution is -0.122. The molecular weight excluding hydrogens is 342 g/mol. The van der Waals surface area contributed by atoms with Gasteiger partial charge in [-0.25, -0.2) is 13.1 Å². The van der Waals surface area contributed by atoms with E-state index in [1.54, 1.807) is 0 Å². The highest BCUT2D eigenvalue weighted by molar-refractivity contribution is 7.89. The highest BCUT2D eigenvalue weighted by Gasteiger charge is 2.22. The molecule has 0 aromatic heterocycles. The zero-order chi connectivity index (χ0) is 18.1. The lowest BCUT2D eigenvalue weighted by Crippen LogP contribution is -2.39. The molecule has 1 amide bonds. The van der Waals surface area contributed by atoms with Crippen molar-refractivity contribution < 1.29 is 17.9 Å². The molecule has 2 atom stereocenters. The second kappa shape index (κ2) is 10.4. The van der Waals surface area contributed by atoms with Crippen LogP contribution in [0.4, 0.5) is 0 Å². The molecule has 2 rings (SSSR count). The Morgan fingerprint density at radius 3 is 2.68 bits per heavy atom. The third-order valence-electron chi connectivity index (χ3n) is 5.19. The van der Waals surface area contributed by atoms with Crippen LogP contribution in [-0.2, 0) is 19.6 Å². The van der Waals surface area contributed by atoms with E-state index in [9.17, 15) is 13.2 Å². The van der Waals surface area contributed by atoms with Crippen LogP contribution in [-0.4, -0.2) is 59.0 Å². The van der Waals surface area contributed by atoms with Crippen LogP contribution < -0.4 is 15.4 Å². The molecule has 0 radical (unpaired) electrons. The molecule has 2 saturated heterocycles. The Morgan fingerprint density at radius 1 is 1.24 bits per heavy atom. The molecular formula is C17H33N3O4S.